The van der Waals surface area contributed by atoms with Crippen molar-refractivity contribution >= 4 is 0 Å². The zero-order chi connectivity index (χ0) is 13.7. The van der Waals surface area contributed by atoms with E-state index in [1.807, 2.05) is 12.4 Å². The van der Waals surface area contributed by atoms with E-state index in [-0.39, 0.29) is 0 Å². The molecule has 106 valence electrons. The van der Waals surface area contributed by atoms with Gasteiger partial charge in [-0.1, -0.05) is 26.3 Å². The molecule has 1 aromatic rings. The molecule has 0 amide bonds. The second-order valence-electron chi connectivity index (χ2n) is 5.91. The summed E-state index contributed by atoms with van der Waals surface area (Å²) in [5, 5.41) is 3.70. The largest absolute Gasteiger partial charge is 0.312 e. The maximum atomic E-state index is 4.30. The van der Waals surface area contributed by atoms with Crippen LogP contribution in [0.25, 0.3) is 0 Å². The van der Waals surface area contributed by atoms with Crippen LogP contribution in [-0.4, -0.2) is 35.6 Å². The van der Waals surface area contributed by atoms with Crippen LogP contribution in [0.3, 0.4) is 0 Å². The molecule has 0 saturated carbocycles. The van der Waals surface area contributed by atoms with Crippen molar-refractivity contribution in [3.63, 3.8) is 0 Å². The van der Waals surface area contributed by atoms with Crippen molar-refractivity contribution < 1.29 is 0 Å². The summed E-state index contributed by atoms with van der Waals surface area (Å²) >= 11 is 0. The van der Waals surface area contributed by atoms with E-state index in [1.165, 1.54) is 30.5 Å². The van der Waals surface area contributed by atoms with E-state index in [1.54, 1.807) is 0 Å². The highest BCUT2D eigenvalue weighted by molar-refractivity contribution is 5.16. The fraction of sp³-hybridized carbons (Fsp3) is 0.688. The SMILES string of the molecule is CCC(C)C1CN(Cc2cncc(C)c2)CCCN1. The number of nitrogens with one attached hydrogen (secondary N) is 1. The van der Waals surface area contributed by atoms with Gasteiger partial charge in [0.1, 0.15) is 0 Å². The van der Waals surface area contributed by atoms with Gasteiger partial charge in [-0.05, 0) is 43.5 Å². The molecule has 2 heterocycles. The quantitative estimate of drug-likeness (QED) is 0.903. The fourth-order valence-electron chi connectivity index (χ4n) is 2.80. The van der Waals surface area contributed by atoms with Crippen molar-refractivity contribution in [1.29, 1.82) is 0 Å². The number of hydrogen-bond donors (Lipinski definition) is 1. The van der Waals surface area contributed by atoms with E-state index in [0.717, 1.165) is 25.6 Å². The minimum Gasteiger partial charge on any atom is -0.312 e. The molecular weight excluding hydrogens is 234 g/mol. The fourth-order valence-corrected chi connectivity index (χ4v) is 2.80. The standard InChI is InChI=1S/C16H27N3/c1-4-14(3)16-12-19(7-5-6-18-16)11-15-8-13(2)9-17-10-15/h8-10,14,16,18H,4-7,11-12H2,1-3H3. The Morgan fingerprint density at radius 2 is 2.32 bits per heavy atom. The molecule has 0 bridgehead atoms. The molecule has 19 heavy (non-hydrogen) atoms. The first-order valence-corrected chi connectivity index (χ1v) is 7.55. The van der Waals surface area contributed by atoms with Crippen LogP contribution in [0, 0.1) is 12.8 Å². The van der Waals surface area contributed by atoms with Crippen molar-refractivity contribution in [3.05, 3.63) is 29.6 Å². The average molecular weight is 261 g/mol. The monoisotopic (exact) mass is 261 g/mol. The van der Waals surface area contributed by atoms with Gasteiger partial charge in [0.15, 0.2) is 0 Å². The van der Waals surface area contributed by atoms with Crippen LogP contribution in [0.15, 0.2) is 18.5 Å². The first kappa shape index (κ1) is 14.5. The van der Waals surface area contributed by atoms with Crippen LogP contribution in [0.5, 0.6) is 0 Å². The Morgan fingerprint density at radius 3 is 3.05 bits per heavy atom. The predicted molar refractivity (Wildman–Crippen MR) is 80.1 cm³/mol. The second-order valence-corrected chi connectivity index (χ2v) is 5.91. The van der Waals surface area contributed by atoms with E-state index in [0.29, 0.717) is 6.04 Å². The lowest BCUT2D eigenvalue weighted by atomic mass is 9.99. The second kappa shape index (κ2) is 7.01. The zero-order valence-corrected chi connectivity index (χ0v) is 12.5. The number of nitrogens with zero attached hydrogens (tertiary/aromatic N) is 2. The Kier molecular flexibility index (Phi) is 5.34. The van der Waals surface area contributed by atoms with Crippen LogP contribution in [0.1, 0.15) is 37.8 Å². The Bertz CT molecular complexity index is 391. The number of hydrogen-bond acceptors (Lipinski definition) is 3. The van der Waals surface area contributed by atoms with Crippen LogP contribution in [-0.2, 0) is 6.54 Å². The van der Waals surface area contributed by atoms with Crippen molar-refractivity contribution in [2.45, 2.75) is 46.2 Å². The van der Waals surface area contributed by atoms with Gasteiger partial charge in [-0.15, -0.1) is 0 Å². The molecule has 1 aromatic heterocycles. The Hall–Kier alpha value is -0.930. The van der Waals surface area contributed by atoms with Gasteiger partial charge in [-0.25, -0.2) is 0 Å². The predicted octanol–water partition coefficient (Wildman–Crippen LogP) is 2.60. The van der Waals surface area contributed by atoms with Gasteiger partial charge in [0.25, 0.3) is 0 Å². The lowest BCUT2D eigenvalue weighted by Crippen LogP contribution is -2.41. The minimum absolute atomic E-state index is 0.630. The molecule has 0 radical (unpaired) electrons. The summed E-state index contributed by atoms with van der Waals surface area (Å²) < 4.78 is 0. The minimum atomic E-state index is 0.630. The van der Waals surface area contributed by atoms with E-state index in [9.17, 15) is 0 Å². The molecule has 1 saturated heterocycles. The summed E-state index contributed by atoms with van der Waals surface area (Å²) in [5.41, 5.74) is 2.59. The average Bonchev–Trinajstić information content (AvgIpc) is 2.63. The molecule has 0 aliphatic carbocycles. The first-order valence-electron chi connectivity index (χ1n) is 7.55. The molecule has 2 rings (SSSR count). The topological polar surface area (TPSA) is 28.2 Å². The van der Waals surface area contributed by atoms with Gasteiger partial charge < -0.3 is 5.32 Å². The van der Waals surface area contributed by atoms with Crippen LogP contribution < -0.4 is 5.32 Å². The molecule has 2 unspecified atom stereocenters. The maximum Gasteiger partial charge on any atom is 0.0313 e. The highest BCUT2D eigenvalue weighted by Gasteiger charge is 2.21. The third-order valence-corrected chi connectivity index (χ3v) is 4.18. The normalized spacial score (nSPS) is 23.0. The van der Waals surface area contributed by atoms with Gasteiger partial charge in [0.2, 0.25) is 0 Å². The van der Waals surface area contributed by atoms with Crippen LogP contribution in [0.2, 0.25) is 0 Å². The van der Waals surface area contributed by atoms with Gasteiger partial charge >= 0.3 is 0 Å². The summed E-state index contributed by atoms with van der Waals surface area (Å²) in [6.45, 7) is 11.3. The molecule has 0 spiro atoms. The van der Waals surface area contributed by atoms with E-state index < -0.39 is 0 Å². The molecule has 1 aliphatic rings. The Balaban J connectivity index is 1.98. The van der Waals surface area contributed by atoms with Gasteiger partial charge in [0.05, 0.1) is 0 Å². The molecule has 1 N–H and O–H groups in total. The van der Waals surface area contributed by atoms with Gasteiger partial charge in [-0.2, -0.15) is 0 Å². The molecule has 0 aromatic carbocycles. The molecule has 3 nitrogen and oxygen atoms in total. The van der Waals surface area contributed by atoms with Gasteiger partial charge in [-0.3, -0.25) is 9.88 Å². The smallest absolute Gasteiger partial charge is 0.0313 e. The van der Waals surface area contributed by atoms with Gasteiger partial charge in [0, 0.05) is 31.5 Å². The number of aryl methyl sites for hydroxylation is 1. The number of rotatable bonds is 4. The maximum absolute atomic E-state index is 4.30. The Labute approximate surface area is 117 Å². The third kappa shape index (κ3) is 4.29. The third-order valence-electron chi connectivity index (χ3n) is 4.18. The molecule has 2 atom stereocenters. The lowest BCUT2D eigenvalue weighted by Gasteiger charge is -2.28. The van der Waals surface area contributed by atoms with E-state index in [4.69, 9.17) is 0 Å². The molecular formula is C16H27N3. The van der Waals surface area contributed by atoms with E-state index >= 15 is 0 Å². The van der Waals surface area contributed by atoms with E-state index in [2.05, 4.69) is 42.0 Å². The Morgan fingerprint density at radius 1 is 1.47 bits per heavy atom. The molecule has 3 heteroatoms. The summed E-state index contributed by atoms with van der Waals surface area (Å²) in [6.07, 6.45) is 6.42. The number of aromatic nitrogens is 1. The van der Waals surface area contributed by atoms with Crippen molar-refractivity contribution in [3.8, 4) is 0 Å². The van der Waals surface area contributed by atoms with Crippen molar-refractivity contribution in [2.24, 2.45) is 5.92 Å². The number of pyridine rings is 1. The first-order chi connectivity index (χ1) is 9.19. The van der Waals surface area contributed by atoms with Crippen LogP contribution in [0.4, 0.5) is 0 Å². The zero-order valence-electron chi connectivity index (χ0n) is 12.5. The van der Waals surface area contributed by atoms with Crippen LogP contribution >= 0.6 is 0 Å². The highest BCUT2D eigenvalue weighted by atomic mass is 15.2. The van der Waals surface area contributed by atoms with Crippen molar-refractivity contribution in [1.82, 2.24) is 15.2 Å². The molecule has 1 fully saturated rings. The summed E-state index contributed by atoms with van der Waals surface area (Å²) in [7, 11) is 0. The summed E-state index contributed by atoms with van der Waals surface area (Å²) in [6, 6.07) is 2.88. The lowest BCUT2D eigenvalue weighted by molar-refractivity contribution is 0.231. The molecule has 1 aliphatic heterocycles. The summed E-state index contributed by atoms with van der Waals surface area (Å²) in [5.74, 6) is 0.747. The van der Waals surface area contributed by atoms with Crippen molar-refractivity contribution in [2.75, 3.05) is 19.6 Å². The highest BCUT2D eigenvalue weighted by Crippen LogP contribution is 2.14. The summed E-state index contributed by atoms with van der Waals surface area (Å²) in [4.78, 5) is 6.88.